The molecule has 0 aromatic heterocycles. The minimum atomic E-state index is -1.13. The number of aliphatic carboxylic acids is 1. The van der Waals surface area contributed by atoms with Crippen molar-refractivity contribution in [3.63, 3.8) is 0 Å². The Hall–Kier alpha value is -1.36. The van der Waals surface area contributed by atoms with E-state index in [0.717, 1.165) is 12.2 Å². The first-order chi connectivity index (χ1) is 5.57. The molecule has 0 aromatic rings. The van der Waals surface area contributed by atoms with E-state index in [4.69, 9.17) is 10.8 Å². The first-order valence-corrected chi connectivity index (χ1v) is 3.44. The molecule has 0 unspecified atom stereocenters. The number of rotatable bonds is 4. The number of nitrogens with two attached hydrogens (primary N) is 1. The SMILES string of the molecule is CN(CCN)C(=O)/C=C\C(=O)O. The van der Waals surface area contributed by atoms with Gasteiger partial charge in [0.15, 0.2) is 0 Å². The van der Waals surface area contributed by atoms with Gasteiger partial charge >= 0.3 is 5.97 Å². The third kappa shape index (κ3) is 4.45. The van der Waals surface area contributed by atoms with Crippen LogP contribution >= 0.6 is 0 Å². The number of carbonyl (C=O) groups excluding carboxylic acids is 1. The van der Waals surface area contributed by atoms with Crippen LogP contribution in [0.4, 0.5) is 0 Å². The van der Waals surface area contributed by atoms with Crippen LogP contribution < -0.4 is 5.73 Å². The van der Waals surface area contributed by atoms with E-state index >= 15 is 0 Å². The van der Waals surface area contributed by atoms with Gasteiger partial charge in [0.1, 0.15) is 0 Å². The Labute approximate surface area is 70.5 Å². The highest BCUT2D eigenvalue weighted by Gasteiger charge is 2.02. The molecule has 0 fully saturated rings. The predicted molar refractivity (Wildman–Crippen MR) is 43.5 cm³/mol. The molecule has 0 radical (unpaired) electrons. The molecule has 0 spiro atoms. The number of nitrogens with zero attached hydrogens (tertiary/aromatic N) is 1. The van der Waals surface area contributed by atoms with Gasteiger partial charge in [-0.1, -0.05) is 0 Å². The number of carboxylic acids is 1. The van der Waals surface area contributed by atoms with Crippen LogP contribution in [0.5, 0.6) is 0 Å². The highest BCUT2D eigenvalue weighted by atomic mass is 16.4. The molecule has 5 nitrogen and oxygen atoms in total. The van der Waals surface area contributed by atoms with Gasteiger partial charge in [-0.2, -0.15) is 0 Å². The Morgan fingerprint density at radius 2 is 2.08 bits per heavy atom. The van der Waals surface area contributed by atoms with Gasteiger partial charge < -0.3 is 15.7 Å². The molecule has 0 saturated carbocycles. The Balaban J connectivity index is 3.94. The van der Waals surface area contributed by atoms with E-state index in [1.807, 2.05) is 0 Å². The van der Waals surface area contributed by atoms with E-state index in [0.29, 0.717) is 13.1 Å². The molecule has 0 atom stereocenters. The molecule has 1 amide bonds. The van der Waals surface area contributed by atoms with E-state index in [1.54, 1.807) is 7.05 Å². The Bertz CT molecular complexity index is 201. The maximum atomic E-state index is 11.0. The molecule has 0 rings (SSSR count). The molecule has 0 aromatic carbocycles. The first kappa shape index (κ1) is 10.6. The summed E-state index contributed by atoms with van der Waals surface area (Å²) in [6, 6.07) is 0. The average Bonchev–Trinajstić information content (AvgIpc) is 2.00. The van der Waals surface area contributed by atoms with Gasteiger partial charge in [-0.25, -0.2) is 4.79 Å². The van der Waals surface area contributed by atoms with Gasteiger partial charge in [0, 0.05) is 32.3 Å². The number of hydrogen-bond acceptors (Lipinski definition) is 3. The fourth-order valence-electron chi connectivity index (χ4n) is 0.574. The normalized spacial score (nSPS) is 10.2. The maximum Gasteiger partial charge on any atom is 0.328 e. The Kier molecular flexibility index (Phi) is 4.71. The fourth-order valence-corrected chi connectivity index (χ4v) is 0.574. The number of hydrogen-bond donors (Lipinski definition) is 2. The summed E-state index contributed by atoms with van der Waals surface area (Å²) in [6.07, 6.45) is 1.80. The van der Waals surface area contributed by atoms with Crippen molar-refractivity contribution >= 4 is 11.9 Å². The van der Waals surface area contributed by atoms with E-state index in [-0.39, 0.29) is 5.91 Å². The molecular formula is C7H12N2O3. The van der Waals surface area contributed by atoms with Crippen LogP contribution in [-0.4, -0.2) is 42.0 Å². The number of amides is 1. The van der Waals surface area contributed by atoms with Crippen LogP contribution in [0.3, 0.4) is 0 Å². The topological polar surface area (TPSA) is 83.6 Å². The van der Waals surface area contributed by atoms with Crippen molar-refractivity contribution < 1.29 is 14.7 Å². The molecule has 0 heterocycles. The second kappa shape index (κ2) is 5.31. The van der Waals surface area contributed by atoms with E-state index in [2.05, 4.69) is 0 Å². The summed E-state index contributed by atoms with van der Waals surface area (Å²) in [5, 5.41) is 8.19. The zero-order valence-electron chi connectivity index (χ0n) is 6.86. The third-order valence-electron chi connectivity index (χ3n) is 1.21. The van der Waals surface area contributed by atoms with Crippen molar-refractivity contribution in [2.45, 2.75) is 0 Å². The minimum absolute atomic E-state index is 0.358. The number of carbonyl (C=O) groups is 2. The maximum absolute atomic E-state index is 11.0. The Morgan fingerprint density at radius 1 is 1.50 bits per heavy atom. The van der Waals surface area contributed by atoms with E-state index < -0.39 is 5.97 Å². The van der Waals surface area contributed by atoms with Crippen molar-refractivity contribution in [2.24, 2.45) is 5.73 Å². The second-order valence-electron chi connectivity index (χ2n) is 2.22. The van der Waals surface area contributed by atoms with Crippen molar-refractivity contribution in [1.82, 2.24) is 4.90 Å². The lowest BCUT2D eigenvalue weighted by Crippen LogP contribution is -2.30. The molecule has 12 heavy (non-hydrogen) atoms. The monoisotopic (exact) mass is 172 g/mol. The van der Waals surface area contributed by atoms with Crippen LogP contribution in [0.25, 0.3) is 0 Å². The standard InChI is InChI=1S/C7H12N2O3/c1-9(5-4-8)6(10)2-3-7(11)12/h2-3H,4-5,8H2,1H3,(H,11,12)/b3-2-. The molecule has 68 valence electrons. The quantitative estimate of drug-likeness (QED) is 0.535. The minimum Gasteiger partial charge on any atom is -0.478 e. The zero-order chi connectivity index (χ0) is 9.56. The van der Waals surface area contributed by atoms with Crippen molar-refractivity contribution in [3.05, 3.63) is 12.2 Å². The smallest absolute Gasteiger partial charge is 0.328 e. The first-order valence-electron chi connectivity index (χ1n) is 3.44. The van der Waals surface area contributed by atoms with E-state index in [9.17, 15) is 9.59 Å². The van der Waals surface area contributed by atoms with Crippen molar-refractivity contribution in [2.75, 3.05) is 20.1 Å². The second-order valence-corrected chi connectivity index (χ2v) is 2.22. The summed E-state index contributed by atoms with van der Waals surface area (Å²) in [7, 11) is 1.56. The fraction of sp³-hybridized carbons (Fsp3) is 0.429. The molecule has 5 heteroatoms. The van der Waals surface area contributed by atoms with Crippen LogP contribution in [-0.2, 0) is 9.59 Å². The van der Waals surface area contributed by atoms with Crippen LogP contribution in [0.1, 0.15) is 0 Å². The zero-order valence-corrected chi connectivity index (χ0v) is 6.86. The summed E-state index contributed by atoms with van der Waals surface area (Å²) < 4.78 is 0. The summed E-state index contributed by atoms with van der Waals surface area (Å²) in [4.78, 5) is 22.3. The lowest BCUT2D eigenvalue weighted by atomic mass is 10.4. The summed E-state index contributed by atoms with van der Waals surface area (Å²) >= 11 is 0. The molecule has 3 N–H and O–H groups in total. The number of likely N-dealkylation sites (N-methyl/N-ethyl adjacent to an activating group) is 1. The van der Waals surface area contributed by atoms with Gasteiger partial charge in [-0.05, 0) is 0 Å². The van der Waals surface area contributed by atoms with Gasteiger partial charge in [0.25, 0.3) is 0 Å². The van der Waals surface area contributed by atoms with E-state index in [1.165, 1.54) is 4.90 Å². The van der Waals surface area contributed by atoms with Crippen molar-refractivity contribution in [3.8, 4) is 0 Å². The van der Waals surface area contributed by atoms with Crippen LogP contribution in [0.2, 0.25) is 0 Å². The predicted octanol–water partition coefficient (Wildman–Crippen LogP) is -0.956. The summed E-state index contributed by atoms with van der Waals surface area (Å²) in [5.74, 6) is -1.49. The Morgan fingerprint density at radius 3 is 2.50 bits per heavy atom. The molecular weight excluding hydrogens is 160 g/mol. The molecule has 0 aliphatic heterocycles. The average molecular weight is 172 g/mol. The molecule has 0 saturated heterocycles. The molecule has 0 bridgehead atoms. The van der Waals surface area contributed by atoms with Gasteiger partial charge in [-0.3, -0.25) is 4.79 Å². The molecule has 0 aliphatic carbocycles. The largest absolute Gasteiger partial charge is 0.478 e. The summed E-state index contributed by atoms with van der Waals surface area (Å²) in [5.41, 5.74) is 5.19. The lowest BCUT2D eigenvalue weighted by molar-refractivity contribution is -0.132. The van der Waals surface area contributed by atoms with Crippen molar-refractivity contribution in [1.29, 1.82) is 0 Å². The van der Waals surface area contributed by atoms with Gasteiger partial charge in [0.05, 0.1) is 0 Å². The summed E-state index contributed by atoms with van der Waals surface area (Å²) in [6.45, 7) is 0.784. The highest BCUT2D eigenvalue weighted by Crippen LogP contribution is 1.85. The van der Waals surface area contributed by atoms with Gasteiger partial charge in [0.2, 0.25) is 5.91 Å². The molecule has 0 aliphatic rings. The third-order valence-corrected chi connectivity index (χ3v) is 1.21. The van der Waals surface area contributed by atoms with Crippen LogP contribution in [0, 0.1) is 0 Å². The highest BCUT2D eigenvalue weighted by molar-refractivity contribution is 5.93. The van der Waals surface area contributed by atoms with Crippen LogP contribution in [0.15, 0.2) is 12.2 Å². The number of carboxylic acid groups (broad SMARTS) is 1. The lowest BCUT2D eigenvalue weighted by Gasteiger charge is -2.12. The van der Waals surface area contributed by atoms with Gasteiger partial charge in [-0.15, -0.1) is 0 Å².